The summed E-state index contributed by atoms with van der Waals surface area (Å²) in [5.74, 6) is 1.67. The van der Waals surface area contributed by atoms with Crippen molar-refractivity contribution in [3.63, 3.8) is 0 Å². The molecule has 0 radical (unpaired) electrons. The molecule has 40 heavy (non-hydrogen) atoms. The third-order valence-electron chi connectivity index (χ3n) is 6.43. The molecule has 0 atom stereocenters. The first kappa shape index (κ1) is 26.7. The van der Waals surface area contributed by atoms with E-state index in [2.05, 4.69) is 9.97 Å². The summed E-state index contributed by atoms with van der Waals surface area (Å²) in [5, 5.41) is 4.74. The second-order valence-electron chi connectivity index (χ2n) is 8.86. The second kappa shape index (κ2) is 10.7. The molecule has 0 aliphatic rings. The molecule has 0 unspecified atom stereocenters. The number of ether oxygens (including phenoxy) is 3. The number of hydrogen-bond donors (Lipinski definition) is 0. The van der Waals surface area contributed by atoms with Gasteiger partial charge in [-0.2, -0.15) is 23.0 Å². The molecule has 0 spiro atoms. The van der Waals surface area contributed by atoms with Crippen LogP contribution in [0.2, 0.25) is 0 Å². The Hall–Kier alpha value is -4.86. The van der Waals surface area contributed by atoms with Crippen LogP contribution in [0, 0.1) is 6.92 Å². The van der Waals surface area contributed by atoms with Crippen molar-refractivity contribution in [3.8, 4) is 57.0 Å². The van der Waals surface area contributed by atoms with Crippen molar-refractivity contribution in [3.05, 3.63) is 90.1 Å². The lowest BCUT2D eigenvalue weighted by Gasteiger charge is -2.13. The predicted molar refractivity (Wildman–Crippen MR) is 145 cm³/mol. The Morgan fingerprint density at radius 2 is 1.12 bits per heavy atom. The van der Waals surface area contributed by atoms with Crippen LogP contribution in [-0.2, 0) is 6.18 Å². The van der Waals surface area contributed by atoms with Gasteiger partial charge in [0, 0.05) is 22.3 Å². The summed E-state index contributed by atoms with van der Waals surface area (Å²) in [4.78, 5) is 8.47. The number of rotatable bonds is 7. The molecule has 0 amide bonds. The van der Waals surface area contributed by atoms with E-state index in [1.165, 1.54) is 11.8 Å². The van der Waals surface area contributed by atoms with Crippen molar-refractivity contribution in [2.45, 2.75) is 13.1 Å². The van der Waals surface area contributed by atoms with Crippen molar-refractivity contribution in [1.82, 2.24) is 19.7 Å². The molecule has 0 aliphatic carbocycles. The molecule has 3 aromatic carbocycles. The zero-order valence-corrected chi connectivity index (χ0v) is 22.2. The van der Waals surface area contributed by atoms with Crippen LogP contribution in [-0.4, -0.2) is 41.1 Å². The van der Waals surface area contributed by atoms with Crippen LogP contribution in [0.15, 0.2) is 78.9 Å². The maximum absolute atomic E-state index is 14.1. The van der Waals surface area contributed by atoms with Crippen LogP contribution in [0.1, 0.15) is 11.3 Å². The number of benzene rings is 3. The van der Waals surface area contributed by atoms with Crippen LogP contribution in [0.25, 0.3) is 39.7 Å². The summed E-state index contributed by atoms with van der Waals surface area (Å²) in [7, 11) is 4.65. The van der Waals surface area contributed by atoms with Crippen molar-refractivity contribution in [2.75, 3.05) is 21.3 Å². The summed E-state index contributed by atoms with van der Waals surface area (Å²) in [6.45, 7) is 1.86. The number of halogens is 3. The molecular formula is C30H25F3N4O3. The highest BCUT2D eigenvalue weighted by Crippen LogP contribution is 2.36. The van der Waals surface area contributed by atoms with Gasteiger partial charge in [-0.3, -0.25) is 0 Å². The summed E-state index contributed by atoms with van der Waals surface area (Å²) in [5.41, 5.74) is 2.81. The van der Waals surface area contributed by atoms with E-state index in [9.17, 15) is 13.2 Å². The summed E-state index contributed by atoms with van der Waals surface area (Å²) in [6.07, 6.45) is -4.71. The van der Waals surface area contributed by atoms with Gasteiger partial charge in [-0.1, -0.05) is 0 Å². The van der Waals surface area contributed by atoms with Gasteiger partial charge in [0.1, 0.15) is 17.2 Å². The molecule has 10 heteroatoms. The molecule has 5 aromatic rings. The van der Waals surface area contributed by atoms with Gasteiger partial charge in [0.05, 0.1) is 38.4 Å². The third kappa shape index (κ3) is 5.20. The molecule has 0 aliphatic heterocycles. The van der Waals surface area contributed by atoms with Crippen molar-refractivity contribution < 1.29 is 27.4 Å². The minimum Gasteiger partial charge on any atom is -0.497 e. The van der Waals surface area contributed by atoms with E-state index < -0.39 is 11.9 Å². The van der Waals surface area contributed by atoms with Crippen molar-refractivity contribution in [2.24, 2.45) is 0 Å². The van der Waals surface area contributed by atoms with Crippen LogP contribution >= 0.6 is 0 Å². The standard InChI is InChI=1S/C30H25F3N4O3/c1-18-27(20-7-13-23(39-3)14-8-20)36-37(28(18)21-9-15-24(40-4)16-10-21)29-34-25(17-26(35-29)30(31,32)33)19-5-11-22(38-2)12-6-19/h5-17H,1-4H3. The molecule has 204 valence electrons. The Bertz CT molecular complexity index is 1630. The molecular weight excluding hydrogens is 521 g/mol. The smallest absolute Gasteiger partial charge is 0.433 e. The Labute approximate surface area is 228 Å². The molecule has 2 aromatic heterocycles. The number of alkyl halides is 3. The van der Waals surface area contributed by atoms with Gasteiger partial charge in [-0.25, -0.2) is 9.97 Å². The maximum atomic E-state index is 14.1. The molecule has 2 heterocycles. The van der Waals surface area contributed by atoms with Gasteiger partial charge in [0.15, 0.2) is 5.69 Å². The molecule has 0 saturated heterocycles. The van der Waals surface area contributed by atoms with E-state index >= 15 is 0 Å². The Kier molecular flexibility index (Phi) is 7.17. The monoisotopic (exact) mass is 546 g/mol. The first-order chi connectivity index (χ1) is 19.2. The number of hydrogen-bond acceptors (Lipinski definition) is 6. The molecule has 0 fully saturated rings. The van der Waals surface area contributed by atoms with Gasteiger partial charge in [0.25, 0.3) is 5.95 Å². The first-order valence-electron chi connectivity index (χ1n) is 12.2. The minimum atomic E-state index is -4.71. The molecule has 0 bridgehead atoms. The summed E-state index contributed by atoms with van der Waals surface area (Å²) in [6, 6.07) is 22.0. The van der Waals surface area contributed by atoms with E-state index in [-0.39, 0.29) is 11.6 Å². The van der Waals surface area contributed by atoms with Crippen molar-refractivity contribution in [1.29, 1.82) is 0 Å². The van der Waals surface area contributed by atoms with Crippen LogP contribution in [0.4, 0.5) is 13.2 Å². The molecule has 7 nitrogen and oxygen atoms in total. The number of nitrogens with zero attached hydrogens (tertiary/aromatic N) is 4. The highest BCUT2D eigenvalue weighted by Gasteiger charge is 2.34. The van der Waals surface area contributed by atoms with E-state index in [1.54, 1.807) is 62.8 Å². The average molecular weight is 547 g/mol. The normalized spacial score (nSPS) is 11.4. The predicted octanol–water partition coefficient (Wildman–Crippen LogP) is 7.02. The van der Waals surface area contributed by atoms with Gasteiger partial charge >= 0.3 is 6.18 Å². The van der Waals surface area contributed by atoms with Gasteiger partial charge in [-0.15, -0.1) is 0 Å². The quantitative estimate of drug-likeness (QED) is 0.219. The lowest BCUT2D eigenvalue weighted by atomic mass is 10.0. The van der Waals surface area contributed by atoms with Crippen LogP contribution in [0.3, 0.4) is 0 Å². The average Bonchev–Trinajstić information content (AvgIpc) is 3.33. The SMILES string of the molecule is COc1ccc(-c2cc(C(F)(F)F)nc(-n3nc(-c4ccc(OC)cc4)c(C)c3-c3ccc(OC)cc3)n2)cc1. The topological polar surface area (TPSA) is 71.3 Å². The highest BCUT2D eigenvalue weighted by molar-refractivity contribution is 5.76. The van der Waals surface area contributed by atoms with Gasteiger partial charge in [0.2, 0.25) is 0 Å². The van der Waals surface area contributed by atoms with Crippen LogP contribution in [0.5, 0.6) is 17.2 Å². The van der Waals surface area contributed by atoms with Crippen LogP contribution < -0.4 is 14.2 Å². The lowest BCUT2D eigenvalue weighted by Crippen LogP contribution is -2.14. The Morgan fingerprint density at radius 3 is 1.60 bits per heavy atom. The zero-order chi connectivity index (χ0) is 28.4. The lowest BCUT2D eigenvalue weighted by molar-refractivity contribution is -0.141. The maximum Gasteiger partial charge on any atom is 0.433 e. The zero-order valence-electron chi connectivity index (χ0n) is 22.2. The fourth-order valence-corrected chi connectivity index (χ4v) is 4.34. The van der Waals surface area contributed by atoms with E-state index in [1.807, 2.05) is 31.2 Å². The van der Waals surface area contributed by atoms with E-state index in [0.29, 0.717) is 39.8 Å². The molecule has 0 N–H and O–H groups in total. The fraction of sp³-hybridized carbons (Fsp3) is 0.167. The Morgan fingerprint density at radius 1 is 0.650 bits per heavy atom. The van der Waals surface area contributed by atoms with E-state index in [0.717, 1.165) is 17.2 Å². The fourth-order valence-electron chi connectivity index (χ4n) is 4.34. The van der Waals surface area contributed by atoms with Crippen molar-refractivity contribution >= 4 is 0 Å². The molecule has 5 rings (SSSR count). The van der Waals surface area contributed by atoms with Gasteiger partial charge < -0.3 is 14.2 Å². The number of methoxy groups -OCH3 is 3. The third-order valence-corrected chi connectivity index (χ3v) is 6.43. The second-order valence-corrected chi connectivity index (χ2v) is 8.86. The summed E-state index contributed by atoms with van der Waals surface area (Å²) >= 11 is 0. The summed E-state index contributed by atoms with van der Waals surface area (Å²) < 4.78 is 59.3. The largest absolute Gasteiger partial charge is 0.497 e. The highest BCUT2D eigenvalue weighted by atomic mass is 19.4. The number of aromatic nitrogens is 4. The first-order valence-corrected chi connectivity index (χ1v) is 12.2. The van der Waals surface area contributed by atoms with Gasteiger partial charge in [-0.05, 0) is 85.8 Å². The minimum absolute atomic E-state index is 0.0970. The van der Waals surface area contributed by atoms with E-state index in [4.69, 9.17) is 19.3 Å². The molecule has 0 saturated carbocycles. The Balaban J connectivity index is 1.75.